The maximum atomic E-state index is 14.3. The highest BCUT2D eigenvalue weighted by molar-refractivity contribution is 5.94. The summed E-state index contributed by atoms with van der Waals surface area (Å²) in [6, 6.07) is 10.4. The highest BCUT2D eigenvalue weighted by Gasteiger charge is 2.24. The van der Waals surface area contributed by atoms with Crippen molar-refractivity contribution in [1.29, 1.82) is 5.26 Å². The molecule has 0 N–H and O–H groups in total. The monoisotopic (exact) mass is 341 g/mol. The Balaban J connectivity index is 1.70. The zero-order chi connectivity index (χ0) is 18.0. The molecular weight excluding hydrogens is 324 g/mol. The third-order valence-electron chi connectivity index (χ3n) is 4.41. The summed E-state index contributed by atoms with van der Waals surface area (Å²) in [5, 5.41) is 8.97. The Morgan fingerprint density at radius 3 is 2.32 bits per heavy atom. The van der Waals surface area contributed by atoms with Crippen LogP contribution in [-0.4, -0.2) is 37.0 Å². The van der Waals surface area contributed by atoms with Crippen LogP contribution in [0.2, 0.25) is 0 Å². The zero-order valence-corrected chi connectivity index (χ0v) is 13.8. The number of piperazine rings is 1. The minimum absolute atomic E-state index is 0.156. The molecule has 0 aromatic heterocycles. The third-order valence-corrected chi connectivity index (χ3v) is 4.41. The van der Waals surface area contributed by atoms with Gasteiger partial charge in [0.25, 0.3) is 5.91 Å². The van der Waals surface area contributed by atoms with Gasteiger partial charge in [-0.05, 0) is 48.9 Å². The van der Waals surface area contributed by atoms with E-state index in [-0.39, 0.29) is 11.7 Å². The van der Waals surface area contributed by atoms with E-state index >= 15 is 0 Å². The number of amides is 1. The lowest BCUT2D eigenvalue weighted by Gasteiger charge is -2.36. The van der Waals surface area contributed by atoms with Crippen LogP contribution >= 0.6 is 0 Å². The highest BCUT2D eigenvalue weighted by atomic mass is 19.1. The maximum absolute atomic E-state index is 14.3. The lowest BCUT2D eigenvalue weighted by Crippen LogP contribution is -2.49. The van der Waals surface area contributed by atoms with Crippen LogP contribution in [0.3, 0.4) is 0 Å². The number of anilines is 1. The van der Waals surface area contributed by atoms with E-state index in [0.29, 0.717) is 43.0 Å². The van der Waals surface area contributed by atoms with Gasteiger partial charge in [0.1, 0.15) is 11.6 Å². The number of hydrogen-bond donors (Lipinski definition) is 0. The maximum Gasteiger partial charge on any atom is 0.253 e. The van der Waals surface area contributed by atoms with Crippen LogP contribution in [0.1, 0.15) is 21.5 Å². The molecule has 0 aliphatic carbocycles. The molecule has 1 fully saturated rings. The summed E-state index contributed by atoms with van der Waals surface area (Å²) < 4.78 is 27.2. The van der Waals surface area contributed by atoms with Gasteiger partial charge in [0.2, 0.25) is 0 Å². The molecular formula is C19H17F2N3O. The molecule has 0 bridgehead atoms. The summed E-state index contributed by atoms with van der Waals surface area (Å²) in [5.74, 6) is -0.968. The van der Waals surface area contributed by atoms with Crippen molar-refractivity contribution in [3.8, 4) is 6.07 Å². The number of halogens is 2. The minimum atomic E-state index is -0.430. The molecule has 6 heteroatoms. The molecule has 2 aromatic rings. The number of rotatable bonds is 2. The van der Waals surface area contributed by atoms with Gasteiger partial charge < -0.3 is 9.80 Å². The Morgan fingerprint density at radius 2 is 1.72 bits per heavy atom. The highest BCUT2D eigenvalue weighted by Crippen LogP contribution is 2.25. The second-order valence-electron chi connectivity index (χ2n) is 6.02. The summed E-state index contributed by atoms with van der Waals surface area (Å²) in [7, 11) is 0. The van der Waals surface area contributed by atoms with Gasteiger partial charge >= 0.3 is 0 Å². The normalized spacial score (nSPS) is 14.3. The van der Waals surface area contributed by atoms with E-state index in [1.807, 2.05) is 11.0 Å². The molecule has 0 unspecified atom stereocenters. The molecule has 1 amide bonds. The van der Waals surface area contributed by atoms with Crippen molar-refractivity contribution in [3.63, 3.8) is 0 Å². The predicted octanol–water partition coefficient (Wildman–Crippen LogP) is 3.11. The minimum Gasteiger partial charge on any atom is -0.366 e. The fraction of sp³-hybridized carbons (Fsp3) is 0.263. The quantitative estimate of drug-likeness (QED) is 0.843. The Hall–Kier alpha value is -2.94. The van der Waals surface area contributed by atoms with Crippen LogP contribution in [0.15, 0.2) is 36.4 Å². The van der Waals surface area contributed by atoms with Crippen LogP contribution in [0.5, 0.6) is 0 Å². The van der Waals surface area contributed by atoms with Gasteiger partial charge in [0.05, 0.1) is 17.3 Å². The number of nitriles is 1. The van der Waals surface area contributed by atoms with Gasteiger partial charge in [-0.3, -0.25) is 4.79 Å². The largest absolute Gasteiger partial charge is 0.366 e. The Bertz CT molecular complexity index is 835. The topological polar surface area (TPSA) is 47.3 Å². The Kier molecular flexibility index (Phi) is 4.66. The van der Waals surface area contributed by atoms with Crippen molar-refractivity contribution >= 4 is 11.6 Å². The molecule has 0 atom stereocenters. The number of benzene rings is 2. The van der Waals surface area contributed by atoms with Gasteiger partial charge in [-0.15, -0.1) is 0 Å². The van der Waals surface area contributed by atoms with Crippen LogP contribution in [0.4, 0.5) is 14.5 Å². The lowest BCUT2D eigenvalue weighted by molar-refractivity contribution is 0.0746. The molecule has 25 heavy (non-hydrogen) atoms. The van der Waals surface area contributed by atoms with Crippen molar-refractivity contribution < 1.29 is 13.6 Å². The average molecular weight is 341 g/mol. The molecule has 1 aliphatic rings. The van der Waals surface area contributed by atoms with E-state index in [1.165, 1.54) is 30.3 Å². The number of carbonyl (C=O) groups excluding carboxylic acids is 1. The van der Waals surface area contributed by atoms with E-state index in [1.54, 1.807) is 17.9 Å². The van der Waals surface area contributed by atoms with Crippen LogP contribution in [-0.2, 0) is 0 Å². The fourth-order valence-corrected chi connectivity index (χ4v) is 2.95. The molecule has 4 nitrogen and oxygen atoms in total. The van der Waals surface area contributed by atoms with Crippen molar-refractivity contribution in [2.24, 2.45) is 0 Å². The molecule has 1 aliphatic heterocycles. The molecule has 0 saturated carbocycles. The number of carbonyl (C=O) groups is 1. The van der Waals surface area contributed by atoms with Gasteiger partial charge in [-0.25, -0.2) is 8.78 Å². The first kappa shape index (κ1) is 16.9. The van der Waals surface area contributed by atoms with Gasteiger partial charge in [-0.1, -0.05) is 0 Å². The van der Waals surface area contributed by atoms with E-state index in [4.69, 9.17) is 5.26 Å². The lowest BCUT2D eigenvalue weighted by atomic mass is 10.1. The van der Waals surface area contributed by atoms with E-state index in [0.717, 1.165) is 5.56 Å². The summed E-state index contributed by atoms with van der Waals surface area (Å²) >= 11 is 0. The standard InChI is InChI=1S/C19H17F2N3O/c1-13-10-18(17(21)11-15(13)12-22)23-6-8-24(9-7-23)19(25)14-2-4-16(20)5-3-14/h2-5,10-11H,6-9H2,1H3. The molecule has 2 aromatic carbocycles. The van der Waals surface area contributed by atoms with Gasteiger partial charge in [0, 0.05) is 31.7 Å². The number of hydrogen-bond acceptors (Lipinski definition) is 3. The Morgan fingerprint density at radius 1 is 1.08 bits per heavy atom. The first-order valence-corrected chi connectivity index (χ1v) is 7.99. The van der Waals surface area contributed by atoms with E-state index < -0.39 is 5.82 Å². The first-order valence-electron chi connectivity index (χ1n) is 7.99. The van der Waals surface area contributed by atoms with Crippen molar-refractivity contribution in [3.05, 3.63) is 64.7 Å². The summed E-state index contributed by atoms with van der Waals surface area (Å²) in [6.45, 7) is 3.67. The predicted molar refractivity (Wildman–Crippen MR) is 90.4 cm³/mol. The van der Waals surface area contributed by atoms with Crippen molar-refractivity contribution in [2.45, 2.75) is 6.92 Å². The average Bonchev–Trinajstić information content (AvgIpc) is 2.63. The van der Waals surface area contributed by atoms with Crippen molar-refractivity contribution in [2.75, 3.05) is 31.1 Å². The second kappa shape index (κ2) is 6.89. The van der Waals surface area contributed by atoms with Crippen LogP contribution in [0, 0.1) is 29.9 Å². The first-order chi connectivity index (χ1) is 12.0. The summed E-state index contributed by atoms with van der Waals surface area (Å²) in [5.41, 5.74) is 1.94. The van der Waals surface area contributed by atoms with Crippen molar-refractivity contribution in [1.82, 2.24) is 4.90 Å². The molecule has 3 rings (SSSR count). The Labute approximate surface area is 144 Å². The smallest absolute Gasteiger partial charge is 0.253 e. The molecule has 1 heterocycles. The summed E-state index contributed by atoms with van der Waals surface area (Å²) in [6.07, 6.45) is 0. The second-order valence-corrected chi connectivity index (χ2v) is 6.02. The molecule has 128 valence electrons. The SMILES string of the molecule is Cc1cc(N2CCN(C(=O)c3ccc(F)cc3)CC2)c(F)cc1C#N. The third kappa shape index (κ3) is 3.45. The molecule has 0 spiro atoms. The number of aryl methyl sites for hydroxylation is 1. The fourth-order valence-electron chi connectivity index (χ4n) is 2.95. The zero-order valence-electron chi connectivity index (χ0n) is 13.8. The van der Waals surface area contributed by atoms with E-state index in [2.05, 4.69) is 0 Å². The number of nitrogens with zero attached hydrogens (tertiary/aromatic N) is 3. The van der Waals surface area contributed by atoms with Crippen LogP contribution in [0.25, 0.3) is 0 Å². The van der Waals surface area contributed by atoms with Crippen LogP contribution < -0.4 is 4.90 Å². The molecule has 1 saturated heterocycles. The van der Waals surface area contributed by atoms with E-state index in [9.17, 15) is 13.6 Å². The molecule has 0 radical (unpaired) electrons. The summed E-state index contributed by atoms with van der Waals surface area (Å²) in [4.78, 5) is 16.0. The van der Waals surface area contributed by atoms with Gasteiger partial charge in [0.15, 0.2) is 0 Å². The van der Waals surface area contributed by atoms with Gasteiger partial charge in [-0.2, -0.15) is 5.26 Å².